The van der Waals surface area contributed by atoms with Crippen molar-refractivity contribution in [3.8, 4) is 33.4 Å². The Morgan fingerprint density at radius 1 is 0.267 bits per heavy atom. The van der Waals surface area contributed by atoms with Crippen LogP contribution in [0.4, 0.5) is 112 Å². The number of hydrogen-bond donors (Lipinski definition) is 0. The highest BCUT2D eigenvalue weighted by Gasteiger charge is 2.49. The predicted octanol–water partition coefficient (Wildman–Crippen LogP) is 21.6. The van der Waals surface area contributed by atoms with Gasteiger partial charge in [-0.1, -0.05) is 230 Å². The smallest absolute Gasteiger partial charge is 0.252 e. The molecule has 0 saturated carbocycles. The van der Waals surface area contributed by atoms with Gasteiger partial charge in [0.1, 0.15) is 52.0 Å². The van der Waals surface area contributed by atoms with Crippen LogP contribution in [0.3, 0.4) is 0 Å². The third kappa shape index (κ3) is 10.4. The minimum atomic E-state index is -0.829. The number of hydrogen-bond acceptors (Lipinski definition) is 6. The summed E-state index contributed by atoms with van der Waals surface area (Å²) in [5.41, 5.74) is 18.0. The van der Waals surface area contributed by atoms with Crippen molar-refractivity contribution in [2.75, 3.05) is 24.5 Å². The van der Waals surface area contributed by atoms with Crippen LogP contribution in [0, 0.1) is 41.8 Å². The summed E-state index contributed by atoms with van der Waals surface area (Å²) in [6, 6.07) is 102. The van der Waals surface area contributed by atoms with Crippen LogP contribution in [0.1, 0.15) is 5.56 Å². The SMILES string of the molecule is Cc1cccc(-c2ccccc2)c1N1c2cc3c(cc2B2c4ccccc4N(c4c(F)cccc4F)c4cc(N(c5ccccc5)c5c(F)cccc5F)cc1c42)B1c2ccccc2N(c2c(F)cccc2F)c2cc(N(c4ccc(-c5ccccc5)cc4)c4cccc(-c5ccccc5)c4)cc(c21)S3. The zero-order chi connectivity index (χ0) is 70.7. The average molecular weight is 1390 g/mol. The second-order valence-electron chi connectivity index (χ2n) is 26.7. The largest absolute Gasteiger partial charge is 0.310 e. The van der Waals surface area contributed by atoms with Gasteiger partial charge in [0, 0.05) is 72.2 Å². The standard InChI is InChI=1S/C91H57B2F6N5S/c1-56-23-18-34-67(60-28-10-4-11-29-60)88(56)104-80-55-84-71(54-70(80)92-68-35-14-16-43-78(68)102(90-74(96)39-21-40-75(90)97)81-50-65(51-82(104)86(81)92)101(62-31-12-5-13-32-62)89-72(94)37-20-38-73(89)95)93-69-36-15-17-44-79(69)103(91-76(98)41-22-42-77(91)99)83-52-66(53-85(105-84)87(83)93)100(63-47-45-59(46-48-63)57-24-6-2-7-25-57)64-33-19-30-61(49-64)58-26-8-3-9-27-58/h2-55H,1H3. The fourth-order valence-corrected chi connectivity index (χ4v) is 17.5. The third-order valence-corrected chi connectivity index (χ3v) is 21.9. The molecule has 0 unspecified atom stereocenters. The van der Waals surface area contributed by atoms with Gasteiger partial charge < -0.3 is 24.5 Å². The van der Waals surface area contributed by atoms with E-state index < -0.39 is 48.3 Å². The van der Waals surface area contributed by atoms with Gasteiger partial charge in [-0.05, 0) is 183 Å². The topological polar surface area (TPSA) is 16.2 Å². The van der Waals surface area contributed by atoms with Crippen molar-refractivity contribution >= 4 is 143 Å². The maximum Gasteiger partial charge on any atom is 0.252 e. The molecule has 0 aliphatic carbocycles. The zero-order valence-corrected chi connectivity index (χ0v) is 57.1. The van der Waals surface area contributed by atoms with Crippen molar-refractivity contribution in [1.82, 2.24) is 0 Å². The molecular formula is C91H57B2F6N5S. The summed E-state index contributed by atoms with van der Waals surface area (Å²) < 4.78 is 103. The van der Waals surface area contributed by atoms with E-state index in [2.05, 4.69) is 144 Å². The van der Waals surface area contributed by atoms with E-state index in [-0.39, 0.29) is 17.1 Å². The minimum absolute atomic E-state index is 0.223. The van der Waals surface area contributed by atoms with E-state index in [1.54, 1.807) is 56.8 Å². The molecule has 0 bridgehead atoms. The monoisotopic (exact) mass is 1390 g/mol. The van der Waals surface area contributed by atoms with Crippen LogP contribution in [0.2, 0.25) is 0 Å². The molecule has 105 heavy (non-hydrogen) atoms. The van der Waals surface area contributed by atoms with E-state index in [9.17, 15) is 0 Å². The molecule has 0 fully saturated rings. The van der Waals surface area contributed by atoms with Gasteiger partial charge in [0.15, 0.2) is 0 Å². The Morgan fingerprint density at radius 2 is 0.695 bits per heavy atom. The number of rotatable bonds is 12. The lowest BCUT2D eigenvalue weighted by Gasteiger charge is -2.46. The first-order valence-corrected chi connectivity index (χ1v) is 35.6. The molecule has 0 amide bonds. The van der Waals surface area contributed by atoms with Crippen molar-refractivity contribution in [3.63, 3.8) is 0 Å². The highest BCUT2D eigenvalue weighted by molar-refractivity contribution is 8.00. The van der Waals surface area contributed by atoms with Crippen LogP contribution in [0.25, 0.3) is 33.4 Å². The average Bonchev–Trinajstić information content (AvgIpc) is 0.679. The van der Waals surface area contributed by atoms with Crippen LogP contribution in [-0.4, -0.2) is 13.4 Å². The molecule has 15 aromatic rings. The molecule has 15 aromatic carbocycles. The second-order valence-corrected chi connectivity index (χ2v) is 27.8. The predicted molar refractivity (Wildman–Crippen MR) is 421 cm³/mol. The lowest BCUT2D eigenvalue weighted by atomic mass is 9.31. The highest BCUT2D eigenvalue weighted by Crippen LogP contribution is 2.54. The van der Waals surface area contributed by atoms with Gasteiger partial charge in [-0.15, -0.1) is 0 Å². The van der Waals surface area contributed by atoms with E-state index in [0.29, 0.717) is 45.3 Å². The Labute approximate surface area is 608 Å². The molecule has 0 aromatic heterocycles. The quantitative estimate of drug-likeness (QED) is 0.0889. The molecule has 0 N–H and O–H groups in total. The minimum Gasteiger partial charge on any atom is -0.310 e. The second kappa shape index (κ2) is 25.4. The number of fused-ring (bicyclic) bond motifs is 8. The fraction of sp³-hybridized carbons (Fsp3) is 0.0110. The summed E-state index contributed by atoms with van der Waals surface area (Å²) >= 11 is 1.58. The van der Waals surface area contributed by atoms with E-state index in [0.717, 1.165) is 104 Å². The van der Waals surface area contributed by atoms with Crippen LogP contribution < -0.4 is 57.3 Å². The van der Waals surface area contributed by atoms with Crippen LogP contribution in [-0.2, 0) is 0 Å². The maximum atomic E-state index is 17.4. The van der Waals surface area contributed by atoms with E-state index in [1.807, 2.05) is 115 Å². The molecule has 4 aliphatic rings. The summed E-state index contributed by atoms with van der Waals surface area (Å²) in [5, 5.41) is 0. The summed E-state index contributed by atoms with van der Waals surface area (Å²) in [6.45, 7) is 0.838. The molecule has 5 nitrogen and oxygen atoms in total. The fourth-order valence-electron chi connectivity index (χ4n) is 16.3. The molecule has 0 saturated heterocycles. The lowest BCUT2D eigenvalue weighted by molar-refractivity contribution is 0.585. The number of benzene rings is 15. The molecule has 0 atom stereocenters. The summed E-state index contributed by atoms with van der Waals surface area (Å²) in [4.78, 5) is 11.1. The van der Waals surface area contributed by atoms with Crippen LogP contribution >= 0.6 is 11.8 Å². The third-order valence-electron chi connectivity index (χ3n) is 20.7. The molecule has 0 spiro atoms. The van der Waals surface area contributed by atoms with Gasteiger partial charge in [0.2, 0.25) is 6.71 Å². The van der Waals surface area contributed by atoms with Crippen molar-refractivity contribution < 1.29 is 26.3 Å². The van der Waals surface area contributed by atoms with Crippen LogP contribution in [0.5, 0.6) is 0 Å². The molecule has 4 aliphatic heterocycles. The highest BCUT2D eigenvalue weighted by atomic mass is 32.2. The van der Waals surface area contributed by atoms with E-state index >= 15 is 26.3 Å². The number of para-hydroxylation sites is 7. The Morgan fingerprint density at radius 3 is 1.28 bits per heavy atom. The number of anilines is 15. The molecule has 4 heterocycles. The van der Waals surface area contributed by atoms with Gasteiger partial charge in [-0.2, -0.15) is 0 Å². The Kier molecular flexibility index (Phi) is 15.3. The van der Waals surface area contributed by atoms with Gasteiger partial charge in [0.25, 0.3) is 6.71 Å². The van der Waals surface area contributed by atoms with Crippen molar-refractivity contribution in [2.24, 2.45) is 0 Å². The molecule has 19 rings (SSSR count). The van der Waals surface area contributed by atoms with Gasteiger partial charge in [-0.25, -0.2) is 26.3 Å². The number of nitrogens with zero attached hydrogens (tertiary/aromatic N) is 5. The first-order chi connectivity index (χ1) is 51.5. The normalized spacial score (nSPS) is 12.8. The summed E-state index contributed by atoms with van der Waals surface area (Å²) in [6.07, 6.45) is 0. The van der Waals surface area contributed by atoms with Crippen molar-refractivity contribution in [3.05, 3.63) is 368 Å². The molecule has 500 valence electrons. The molecular weight excluding hydrogens is 1330 g/mol. The molecule has 0 radical (unpaired) electrons. The van der Waals surface area contributed by atoms with Gasteiger partial charge in [-0.3, -0.25) is 0 Å². The van der Waals surface area contributed by atoms with E-state index in [1.165, 1.54) is 54.6 Å². The van der Waals surface area contributed by atoms with Gasteiger partial charge >= 0.3 is 0 Å². The van der Waals surface area contributed by atoms with Crippen molar-refractivity contribution in [1.29, 1.82) is 0 Å². The Hall–Kier alpha value is -12.6. The van der Waals surface area contributed by atoms with Gasteiger partial charge in [0.05, 0.1) is 11.4 Å². The Balaban J connectivity index is 0.914. The van der Waals surface area contributed by atoms with Crippen molar-refractivity contribution in [2.45, 2.75) is 16.7 Å². The van der Waals surface area contributed by atoms with E-state index in [4.69, 9.17) is 0 Å². The zero-order valence-electron chi connectivity index (χ0n) is 56.2. The number of halogens is 6. The molecule has 14 heteroatoms. The van der Waals surface area contributed by atoms with Crippen LogP contribution in [0.15, 0.2) is 337 Å². The first-order valence-electron chi connectivity index (χ1n) is 34.8. The summed E-state index contributed by atoms with van der Waals surface area (Å²) in [5.74, 6) is -4.78. The number of aryl methyl sites for hydroxylation is 1. The lowest BCUT2D eigenvalue weighted by Crippen LogP contribution is -2.64. The Bertz CT molecular complexity index is 5930. The maximum absolute atomic E-state index is 17.4. The first kappa shape index (κ1) is 63.3. The summed E-state index contributed by atoms with van der Waals surface area (Å²) in [7, 11) is 0.